The summed E-state index contributed by atoms with van der Waals surface area (Å²) in [5, 5.41) is 5.74. The average molecular weight is 349 g/mol. The fourth-order valence-electron chi connectivity index (χ4n) is 2.49. The Morgan fingerprint density at radius 1 is 1.15 bits per heavy atom. The third-order valence-corrected chi connectivity index (χ3v) is 3.76. The molecule has 7 nitrogen and oxygen atoms in total. The van der Waals surface area contributed by atoms with E-state index in [1.54, 1.807) is 30.7 Å². The normalized spacial score (nSPS) is 10.3. The minimum atomic E-state index is -0.414. The van der Waals surface area contributed by atoms with Crippen LogP contribution in [0.3, 0.4) is 0 Å². The van der Waals surface area contributed by atoms with Crippen LogP contribution in [-0.4, -0.2) is 33.9 Å². The van der Waals surface area contributed by atoms with Gasteiger partial charge in [0.05, 0.1) is 6.20 Å². The quantitative estimate of drug-likeness (QED) is 0.591. The summed E-state index contributed by atoms with van der Waals surface area (Å²) < 4.78 is 0. The van der Waals surface area contributed by atoms with Crippen molar-refractivity contribution in [3.63, 3.8) is 0 Å². The zero-order chi connectivity index (χ0) is 18.4. The molecule has 0 unspecified atom stereocenters. The van der Waals surface area contributed by atoms with Gasteiger partial charge in [0.2, 0.25) is 0 Å². The molecule has 7 heteroatoms. The molecule has 2 heterocycles. The van der Waals surface area contributed by atoms with Crippen LogP contribution in [0.4, 0.5) is 5.82 Å². The number of nitrogens with one attached hydrogen (secondary N) is 3. The van der Waals surface area contributed by atoms with Crippen molar-refractivity contribution in [3.05, 3.63) is 76.5 Å². The van der Waals surface area contributed by atoms with Crippen molar-refractivity contribution in [2.75, 3.05) is 18.4 Å². The molecule has 3 N–H and O–H groups in total. The first-order valence-electron chi connectivity index (χ1n) is 8.22. The molecule has 0 fully saturated rings. The standard InChI is InChI=1S/C19H19N5O2/c1-13-3-2-4-14(11-13)16-6-5-15(19(26)24-16)18(25)23-10-9-22-17-12-20-7-8-21-17/h2-8,11-12H,9-10H2,1H3,(H,21,22)(H,23,25)(H,24,26). The molecule has 3 rings (SSSR count). The summed E-state index contributed by atoms with van der Waals surface area (Å²) in [6.45, 7) is 2.82. The van der Waals surface area contributed by atoms with E-state index in [4.69, 9.17) is 0 Å². The summed E-state index contributed by atoms with van der Waals surface area (Å²) in [6.07, 6.45) is 4.76. The Labute approximate surface area is 150 Å². The second-order valence-electron chi connectivity index (χ2n) is 5.76. The molecule has 0 spiro atoms. The Bertz CT molecular complexity index is 953. The molecule has 26 heavy (non-hydrogen) atoms. The Morgan fingerprint density at radius 3 is 2.77 bits per heavy atom. The molecule has 0 radical (unpaired) electrons. The van der Waals surface area contributed by atoms with Gasteiger partial charge in [-0.2, -0.15) is 0 Å². The van der Waals surface area contributed by atoms with Crippen molar-refractivity contribution in [1.29, 1.82) is 0 Å². The molecule has 0 aliphatic heterocycles. The lowest BCUT2D eigenvalue weighted by molar-refractivity contribution is 0.0953. The van der Waals surface area contributed by atoms with Gasteiger partial charge in [0.25, 0.3) is 11.5 Å². The van der Waals surface area contributed by atoms with E-state index < -0.39 is 11.5 Å². The van der Waals surface area contributed by atoms with Crippen molar-refractivity contribution >= 4 is 11.7 Å². The van der Waals surface area contributed by atoms with Gasteiger partial charge in [-0.3, -0.25) is 14.6 Å². The maximum atomic E-state index is 12.2. The molecule has 1 amide bonds. The van der Waals surface area contributed by atoms with Gasteiger partial charge in [-0.25, -0.2) is 4.98 Å². The zero-order valence-corrected chi connectivity index (χ0v) is 14.3. The van der Waals surface area contributed by atoms with E-state index in [1.807, 2.05) is 31.2 Å². The first kappa shape index (κ1) is 17.3. The smallest absolute Gasteiger partial charge is 0.261 e. The van der Waals surface area contributed by atoms with Gasteiger partial charge < -0.3 is 15.6 Å². The maximum Gasteiger partial charge on any atom is 0.261 e. The second-order valence-corrected chi connectivity index (χ2v) is 5.76. The van der Waals surface area contributed by atoms with E-state index in [0.29, 0.717) is 24.6 Å². The number of amides is 1. The van der Waals surface area contributed by atoms with Crippen LogP contribution in [-0.2, 0) is 0 Å². The number of anilines is 1. The van der Waals surface area contributed by atoms with Gasteiger partial charge in [-0.15, -0.1) is 0 Å². The fraction of sp³-hybridized carbons (Fsp3) is 0.158. The van der Waals surface area contributed by atoms with Crippen LogP contribution in [0.25, 0.3) is 11.3 Å². The van der Waals surface area contributed by atoms with E-state index >= 15 is 0 Å². The summed E-state index contributed by atoms with van der Waals surface area (Å²) in [5.74, 6) is 0.213. The van der Waals surface area contributed by atoms with Crippen molar-refractivity contribution in [2.24, 2.45) is 0 Å². The minimum absolute atomic E-state index is 0.0842. The average Bonchev–Trinajstić information content (AvgIpc) is 2.66. The van der Waals surface area contributed by atoms with E-state index in [2.05, 4.69) is 25.6 Å². The monoisotopic (exact) mass is 349 g/mol. The highest BCUT2D eigenvalue weighted by Crippen LogP contribution is 2.16. The van der Waals surface area contributed by atoms with E-state index in [0.717, 1.165) is 11.1 Å². The first-order chi connectivity index (χ1) is 12.6. The third-order valence-electron chi connectivity index (χ3n) is 3.76. The summed E-state index contributed by atoms with van der Waals surface area (Å²) in [5.41, 5.74) is 2.35. The number of hydrogen-bond acceptors (Lipinski definition) is 5. The highest BCUT2D eigenvalue weighted by Gasteiger charge is 2.11. The van der Waals surface area contributed by atoms with Crippen molar-refractivity contribution < 1.29 is 4.79 Å². The molecular formula is C19H19N5O2. The zero-order valence-electron chi connectivity index (χ0n) is 14.3. The largest absolute Gasteiger partial charge is 0.367 e. The SMILES string of the molecule is Cc1cccc(-c2ccc(C(=O)NCCNc3cnccn3)c(=O)[nH]2)c1. The molecule has 0 aliphatic carbocycles. The van der Waals surface area contributed by atoms with E-state index in [9.17, 15) is 9.59 Å². The Kier molecular flexibility index (Phi) is 5.38. The molecule has 3 aromatic rings. The van der Waals surface area contributed by atoms with Crippen LogP contribution in [0, 0.1) is 6.92 Å². The number of hydrogen-bond donors (Lipinski definition) is 3. The predicted molar refractivity (Wildman–Crippen MR) is 100 cm³/mol. The van der Waals surface area contributed by atoms with Gasteiger partial charge in [-0.05, 0) is 30.7 Å². The maximum absolute atomic E-state index is 12.2. The second kappa shape index (κ2) is 8.06. The lowest BCUT2D eigenvalue weighted by atomic mass is 10.1. The van der Waals surface area contributed by atoms with Gasteiger partial charge >= 0.3 is 0 Å². The number of carbonyl (C=O) groups excluding carboxylic acids is 1. The third kappa shape index (κ3) is 4.32. The van der Waals surface area contributed by atoms with Crippen molar-refractivity contribution in [3.8, 4) is 11.3 Å². The molecule has 0 aliphatic rings. The molecule has 0 saturated carbocycles. The van der Waals surface area contributed by atoms with Crippen LogP contribution in [0.5, 0.6) is 0 Å². The number of benzene rings is 1. The van der Waals surface area contributed by atoms with Crippen molar-refractivity contribution in [1.82, 2.24) is 20.3 Å². The molecule has 0 bridgehead atoms. The number of nitrogens with zero attached hydrogens (tertiary/aromatic N) is 2. The highest BCUT2D eigenvalue weighted by molar-refractivity contribution is 5.94. The minimum Gasteiger partial charge on any atom is -0.367 e. The molecule has 2 aromatic heterocycles. The van der Waals surface area contributed by atoms with Gasteiger partial charge in [0.1, 0.15) is 11.4 Å². The van der Waals surface area contributed by atoms with E-state index in [1.165, 1.54) is 0 Å². The number of pyridine rings is 1. The number of carbonyl (C=O) groups is 1. The summed E-state index contributed by atoms with van der Waals surface area (Å²) in [6, 6.07) is 11.1. The Balaban J connectivity index is 1.60. The van der Waals surface area contributed by atoms with E-state index in [-0.39, 0.29) is 5.56 Å². The number of aromatic amines is 1. The lowest BCUT2D eigenvalue weighted by Gasteiger charge is -2.08. The van der Waals surface area contributed by atoms with Crippen LogP contribution in [0.2, 0.25) is 0 Å². The number of aryl methyl sites for hydroxylation is 1. The van der Waals surface area contributed by atoms with Gasteiger partial charge in [0.15, 0.2) is 0 Å². The summed E-state index contributed by atoms with van der Waals surface area (Å²) in [4.78, 5) is 35.2. The van der Waals surface area contributed by atoms with Crippen LogP contribution >= 0.6 is 0 Å². The molecule has 1 aromatic carbocycles. The predicted octanol–water partition coefficient (Wildman–Crippen LogP) is 1.98. The molecule has 132 valence electrons. The fourth-order valence-corrected chi connectivity index (χ4v) is 2.49. The topological polar surface area (TPSA) is 99.8 Å². The number of aromatic nitrogens is 3. The van der Waals surface area contributed by atoms with Crippen LogP contribution < -0.4 is 16.2 Å². The van der Waals surface area contributed by atoms with Crippen molar-refractivity contribution in [2.45, 2.75) is 6.92 Å². The summed E-state index contributed by atoms with van der Waals surface area (Å²) >= 11 is 0. The lowest BCUT2D eigenvalue weighted by Crippen LogP contribution is -2.33. The summed E-state index contributed by atoms with van der Waals surface area (Å²) in [7, 11) is 0. The molecular weight excluding hydrogens is 330 g/mol. The van der Waals surface area contributed by atoms with Crippen LogP contribution in [0.1, 0.15) is 15.9 Å². The highest BCUT2D eigenvalue weighted by atomic mass is 16.2. The molecule has 0 atom stereocenters. The Hall–Kier alpha value is -3.48. The van der Waals surface area contributed by atoms with Crippen LogP contribution in [0.15, 0.2) is 59.8 Å². The molecule has 0 saturated heterocycles. The number of rotatable bonds is 6. The Morgan fingerprint density at radius 2 is 2.04 bits per heavy atom. The van der Waals surface area contributed by atoms with Gasteiger partial charge in [-0.1, -0.05) is 23.8 Å². The first-order valence-corrected chi connectivity index (χ1v) is 8.22. The van der Waals surface area contributed by atoms with Gasteiger partial charge in [0, 0.05) is 31.2 Å². The number of H-pyrrole nitrogens is 1.